The van der Waals surface area contributed by atoms with Crippen molar-refractivity contribution in [3.8, 4) is 11.4 Å². The van der Waals surface area contributed by atoms with E-state index in [1.54, 1.807) is 45.8 Å². The van der Waals surface area contributed by atoms with Crippen LogP contribution in [-0.2, 0) is 13.1 Å². The molecule has 36 heavy (non-hydrogen) atoms. The summed E-state index contributed by atoms with van der Waals surface area (Å²) in [7, 11) is 2.54. The summed E-state index contributed by atoms with van der Waals surface area (Å²) in [4.78, 5) is 28.1. The Labute approximate surface area is 236 Å². The van der Waals surface area contributed by atoms with Crippen LogP contribution in [0.15, 0.2) is 55.8 Å². The highest BCUT2D eigenvalue weighted by molar-refractivity contribution is 8.76. The molecule has 0 fully saturated rings. The van der Waals surface area contributed by atoms with E-state index in [9.17, 15) is 9.59 Å². The van der Waals surface area contributed by atoms with Crippen molar-refractivity contribution in [3.63, 3.8) is 0 Å². The first-order chi connectivity index (χ1) is 17.1. The van der Waals surface area contributed by atoms with Crippen LogP contribution in [0.1, 0.15) is 25.2 Å². The molecule has 0 aliphatic carbocycles. The largest absolute Gasteiger partial charge is 0.286 e. The van der Waals surface area contributed by atoms with Crippen LogP contribution < -0.4 is 11.1 Å². The quantitative estimate of drug-likeness (QED) is 0.203. The summed E-state index contributed by atoms with van der Waals surface area (Å²) in [5.41, 5.74) is 2.44. The molecule has 2 aromatic heterocycles. The van der Waals surface area contributed by atoms with E-state index in [1.807, 2.05) is 37.1 Å². The highest BCUT2D eigenvalue weighted by Crippen LogP contribution is 2.38. The summed E-state index contributed by atoms with van der Waals surface area (Å²) in [6, 6.07) is 10.2. The van der Waals surface area contributed by atoms with Gasteiger partial charge in [-0.2, -0.15) is 0 Å². The third-order valence-corrected chi connectivity index (χ3v) is 9.88. The van der Waals surface area contributed by atoms with Gasteiger partial charge in [0.25, 0.3) is 11.1 Å². The lowest BCUT2D eigenvalue weighted by molar-refractivity contribution is 0.559. The Morgan fingerprint density at radius 1 is 0.639 bits per heavy atom. The van der Waals surface area contributed by atoms with E-state index in [1.165, 1.54) is 21.6 Å². The summed E-state index contributed by atoms with van der Waals surface area (Å²) in [6.07, 6.45) is 0. The minimum absolute atomic E-state index is 0.192. The average Bonchev–Trinajstić information content (AvgIpc) is 3.23. The number of halogens is 4. The molecule has 0 atom stereocenters. The van der Waals surface area contributed by atoms with Crippen molar-refractivity contribution in [2.75, 3.05) is 0 Å². The summed E-state index contributed by atoms with van der Waals surface area (Å²) in [5.74, 6) is 0. The van der Waals surface area contributed by atoms with Crippen molar-refractivity contribution in [2.45, 2.75) is 50.6 Å². The SMILES string of the molecule is CCn1c(C)c(SSc2c(C)n(CC)n(-c3ccc(Cl)c(Cl)c3)c2=O)c(=O)n1-c1ccc(Cl)c(Cl)c1. The van der Waals surface area contributed by atoms with E-state index in [-0.39, 0.29) is 11.1 Å². The molecule has 0 bridgehead atoms. The lowest BCUT2D eigenvalue weighted by Crippen LogP contribution is -2.21. The minimum atomic E-state index is -0.192. The van der Waals surface area contributed by atoms with Gasteiger partial charge in [-0.15, -0.1) is 0 Å². The fourth-order valence-electron chi connectivity index (χ4n) is 4.03. The van der Waals surface area contributed by atoms with Gasteiger partial charge in [-0.05, 0) is 85.7 Å². The zero-order valence-electron chi connectivity index (χ0n) is 19.8. The van der Waals surface area contributed by atoms with E-state index in [0.717, 1.165) is 11.4 Å². The normalized spacial score (nSPS) is 11.4. The molecule has 4 rings (SSSR count). The number of benzene rings is 2. The van der Waals surface area contributed by atoms with Crippen LogP contribution in [0.5, 0.6) is 0 Å². The minimum Gasteiger partial charge on any atom is -0.281 e. The van der Waals surface area contributed by atoms with E-state index in [2.05, 4.69) is 0 Å². The van der Waals surface area contributed by atoms with Crippen molar-refractivity contribution in [3.05, 3.63) is 88.6 Å². The standard InChI is InChI=1S/C24H22Cl4N4O2S2/c1-5-29-13(3)21(23(33)31(29)15-7-9-17(25)19(27)11-15)35-36-22-14(4)30(6-2)32(24(22)34)16-8-10-18(26)20(28)12-16/h7-12H,5-6H2,1-4H3. The number of hydrogen-bond acceptors (Lipinski definition) is 4. The third kappa shape index (κ3) is 4.79. The van der Waals surface area contributed by atoms with Gasteiger partial charge < -0.3 is 0 Å². The topological polar surface area (TPSA) is 53.9 Å². The van der Waals surface area contributed by atoms with Crippen LogP contribution in [0.4, 0.5) is 0 Å². The molecule has 0 saturated heterocycles. The highest BCUT2D eigenvalue weighted by Gasteiger charge is 2.23. The highest BCUT2D eigenvalue weighted by atomic mass is 35.5. The predicted molar refractivity (Wildman–Crippen MR) is 153 cm³/mol. The first kappa shape index (κ1) is 27.4. The molecule has 0 aliphatic heterocycles. The Morgan fingerprint density at radius 3 is 1.31 bits per heavy atom. The molecule has 0 aliphatic rings. The summed E-state index contributed by atoms with van der Waals surface area (Å²) < 4.78 is 6.92. The van der Waals surface area contributed by atoms with E-state index < -0.39 is 0 Å². The predicted octanol–water partition coefficient (Wildman–Crippen LogP) is 7.66. The van der Waals surface area contributed by atoms with E-state index in [0.29, 0.717) is 54.3 Å². The molecule has 12 heteroatoms. The van der Waals surface area contributed by atoms with Gasteiger partial charge >= 0.3 is 0 Å². The molecule has 0 saturated carbocycles. The van der Waals surface area contributed by atoms with Gasteiger partial charge in [-0.1, -0.05) is 46.4 Å². The molecule has 0 spiro atoms. The van der Waals surface area contributed by atoms with Gasteiger partial charge in [0, 0.05) is 13.1 Å². The van der Waals surface area contributed by atoms with Crippen LogP contribution in [0.3, 0.4) is 0 Å². The summed E-state index contributed by atoms with van der Waals surface area (Å²) in [5, 5.41) is 1.56. The van der Waals surface area contributed by atoms with Crippen LogP contribution in [0.2, 0.25) is 20.1 Å². The maximum absolute atomic E-state index is 13.5. The molecule has 0 N–H and O–H groups in total. The second-order valence-electron chi connectivity index (χ2n) is 7.86. The Morgan fingerprint density at radius 2 is 1.00 bits per heavy atom. The Kier molecular flexibility index (Phi) is 8.34. The Balaban J connectivity index is 1.76. The van der Waals surface area contributed by atoms with E-state index in [4.69, 9.17) is 46.4 Å². The first-order valence-electron chi connectivity index (χ1n) is 11.0. The third-order valence-electron chi connectivity index (χ3n) is 5.79. The summed E-state index contributed by atoms with van der Waals surface area (Å²) in [6.45, 7) is 8.84. The number of hydrogen-bond donors (Lipinski definition) is 0. The second kappa shape index (κ2) is 11.0. The molecule has 0 radical (unpaired) electrons. The van der Waals surface area contributed by atoms with Gasteiger partial charge in [0.2, 0.25) is 0 Å². The molecular formula is C24H22Cl4N4O2S2. The first-order valence-corrected chi connectivity index (χ1v) is 14.7. The molecule has 190 valence electrons. The van der Waals surface area contributed by atoms with Crippen molar-refractivity contribution in [2.24, 2.45) is 0 Å². The summed E-state index contributed by atoms with van der Waals surface area (Å²) >= 11 is 24.6. The maximum Gasteiger partial charge on any atom is 0.286 e. The van der Waals surface area contributed by atoms with E-state index >= 15 is 0 Å². The number of rotatable bonds is 7. The maximum atomic E-state index is 13.5. The van der Waals surface area contributed by atoms with Gasteiger partial charge in [0.15, 0.2) is 0 Å². The van der Waals surface area contributed by atoms with Crippen molar-refractivity contribution >= 4 is 68.0 Å². The smallest absolute Gasteiger partial charge is 0.281 e. The van der Waals surface area contributed by atoms with Gasteiger partial charge in [0.1, 0.15) is 9.79 Å². The molecule has 4 aromatic rings. The number of nitrogens with zero attached hydrogens (tertiary/aromatic N) is 4. The second-order valence-corrected chi connectivity index (χ2v) is 11.6. The lowest BCUT2D eigenvalue weighted by Gasteiger charge is -2.12. The molecular weight excluding hydrogens is 582 g/mol. The zero-order valence-corrected chi connectivity index (χ0v) is 24.5. The Hall–Kier alpha value is -1.68. The zero-order chi connectivity index (χ0) is 26.3. The van der Waals surface area contributed by atoms with Crippen LogP contribution >= 0.6 is 68.0 Å². The van der Waals surface area contributed by atoms with Gasteiger partial charge in [0.05, 0.1) is 42.9 Å². The van der Waals surface area contributed by atoms with Crippen molar-refractivity contribution < 1.29 is 0 Å². The van der Waals surface area contributed by atoms with Gasteiger partial charge in [-0.3, -0.25) is 19.0 Å². The molecule has 2 aromatic carbocycles. The molecule has 6 nitrogen and oxygen atoms in total. The van der Waals surface area contributed by atoms with Crippen LogP contribution in [0.25, 0.3) is 11.4 Å². The van der Waals surface area contributed by atoms with Gasteiger partial charge in [-0.25, -0.2) is 9.36 Å². The molecule has 0 amide bonds. The fourth-order valence-corrected chi connectivity index (χ4v) is 7.20. The monoisotopic (exact) mass is 602 g/mol. The van der Waals surface area contributed by atoms with Crippen LogP contribution in [-0.4, -0.2) is 18.7 Å². The average molecular weight is 604 g/mol. The fraction of sp³-hybridized carbons (Fsp3) is 0.250. The Bertz CT molecular complexity index is 1470. The number of aromatic nitrogens is 4. The van der Waals surface area contributed by atoms with Crippen molar-refractivity contribution in [1.82, 2.24) is 18.7 Å². The lowest BCUT2D eigenvalue weighted by atomic mass is 10.3. The molecule has 0 unspecified atom stereocenters. The molecule has 2 heterocycles. The van der Waals surface area contributed by atoms with Crippen LogP contribution in [0, 0.1) is 13.8 Å². The van der Waals surface area contributed by atoms with Crippen molar-refractivity contribution in [1.29, 1.82) is 0 Å².